The third-order valence-corrected chi connectivity index (χ3v) is 7.32. The lowest BCUT2D eigenvalue weighted by molar-refractivity contribution is -0.182. The third-order valence-electron chi connectivity index (χ3n) is 4.29. The van der Waals surface area contributed by atoms with E-state index < -0.39 is 100 Å². The summed E-state index contributed by atoms with van der Waals surface area (Å²) in [4.78, 5) is 43.7. The molecule has 0 saturated carbocycles. The van der Waals surface area contributed by atoms with Gasteiger partial charge in [0, 0.05) is 0 Å². The van der Waals surface area contributed by atoms with E-state index >= 15 is 0 Å². The number of alkyl halides is 18. The molecule has 0 aromatic rings. The summed E-state index contributed by atoms with van der Waals surface area (Å²) in [6.45, 7) is 0. The Hall–Kier alpha value is -2.71. The summed E-state index contributed by atoms with van der Waals surface area (Å²) in [5.74, 6) is -26.9. The van der Waals surface area contributed by atoms with E-state index in [2.05, 4.69) is 0 Å². The van der Waals surface area contributed by atoms with Crippen molar-refractivity contribution >= 4 is 48.8 Å². The molecule has 0 spiro atoms. The van der Waals surface area contributed by atoms with Crippen LogP contribution in [0.3, 0.4) is 0 Å². The van der Waals surface area contributed by atoms with Crippen molar-refractivity contribution in [3.8, 4) is 0 Å². The Labute approximate surface area is 209 Å². The minimum Gasteiger partial charge on any atom is -0.291 e. The number of hydrogen-bond acceptors (Lipinski definition) is 6. The number of hydrogen-bond donors (Lipinski definition) is 0. The first kappa shape index (κ1) is 37.3. The number of Topliss-reactive ketones (excluding diaryl/α,β-unsaturated/α-hetero) is 6. The summed E-state index contributed by atoms with van der Waals surface area (Å²) in [7, 11) is 0. The summed E-state index contributed by atoms with van der Waals surface area (Å²) < 4.78 is 237. The second kappa shape index (κ2) is 11.3. The molecular formula is C15H3AlF18O6. The summed E-state index contributed by atoms with van der Waals surface area (Å²) >= 11 is -8.82. The largest absolute Gasteiger partial charge is 0.612 e. The lowest BCUT2D eigenvalue weighted by atomic mass is 10.1. The van der Waals surface area contributed by atoms with Crippen LogP contribution in [0, 0.1) is 0 Å². The number of carbonyl (C=O) groups is 6. The van der Waals surface area contributed by atoms with Crippen molar-refractivity contribution in [2.45, 2.75) is 51.4 Å². The molecule has 0 rings (SSSR count). The predicted molar refractivity (Wildman–Crippen MR) is 83.5 cm³/mol. The fraction of sp³-hybridized carbons (Fsp3) is 0.600. The van der Waals surface area contributed by atoms with Gasteiger partial charge in [-0.2, -0.15) is 39.5 Å². The van der Waals surface area contributed by atoms with Crippen molar-refractivity contribution in [3.05, 3.63) is 0 Å². The smallest absolute Gasteiger partial charge is 0.291 e. The standard InChI is InChI=1S/3C5HF6O2.Al/c3*6-1(2(12)4(7)8)3(13)5(9,10)11;/h3*1H;. The Balaban J connectivity index is 7.34. The average Bonchev–Trinajstić information content (AvgIpc) is 2.76. The highest BCUT2D eigenvalue weighted by Crippen LogP contribution is 2.44. The van der Waals surface area contributed by atoms with Gasteiger partial charge in [-0.05, 0) is 0 Å². The van der Waals surface area contributed by atoms with E-state index in [0.29, 0.717) is 0 Å². The van der Waals surface area contributed by atoms with Crippen LogP contribution in [0.15, 0.2) is 0 Å². The molecule has 0 bridgehead atoms. The Morgan fingerprint density at radius 1 is 0.350 bits per heavy atom. The minimum atomic E-state index is -8.82. The molecule has 0 fully saturated rings. The molecule has 0 aliphatic carbocycles. The zero-order valence-corrected chi connectivity index (χ0v) is 18.7. The molecule has 25 heteroatoms. The molecule has 0 aromatic carbocycles. The first-order chi connectivity index (χ1) is 17.3. The maximum Gasteiger partial charge on any atom is 0.612 e. The molecule has 0 saturated heterocycles. The van der Waals surface area contributed by atoms with Crippen LogP contribution < -0.4 is 0 Å². The second-order valence-electron chi connectivity index (χ2n) is 7.07. The van der Waals surface area contributed by atoms with Crippen LogP contribution in [-0.2, 0) is 28.8 Å². The third kappa shape index (κ3) is 7.32. The molecule has 0 aromatic heterocycles. The van der Waals surface area contributed by atoms with Crippen molar-refractivity contribution in [1.82, 2.24) is 0 Å². The van der Waals surface area contributed by atoms with E-state index in [1.54, 1.807) is 0 Å². The van der Waals surface area contributed by atoms with Gasteiger partial charge in [0.1, 0.15) is 0 Å². The van der Waals surface area contributed by atoms with Gasteiger partial charge in [0.25, 0.3) is 31.7 Å². The number of carbonyl (C=O) groups excluding carboxylic acids is 6. The Bertz CT molecular complexity index is 940. The molecule has 3 unspecified atom stereocenters. The minimum absolute atomic E-state index is 4.29. The highest BCUT2D eigenvalue weighted by atomic mass is 27.2. The van der Waals surface area contributed by atoms with Gasteiger partial charge in [0.05, 0.1) is 0 Å². The molecule has 0 aliphatic heterocycles. The molecule has 0 radical (unpaired) electrons. The highest BCUT2D eigenvalue weighted by Gasteiger charge is 2.84. The molecule has 228 valence electrons. The lowest BCUT2D eigenvalue weighted by Crippen LogP contribution is -2.73. The number of halogens is 18. The molecule has 40 heavy (non-hydrogen) atoms. The SMILES string of the molecule is O=C(C(F)C(=O)[C](F)(F)[Al]([C](F)(F)C(=O)C(F)C(=O)C(F)(F)F)[C](F)(F)C(=O)C(F)C(=O)C(F)(F)F)C(F)(F)F. The molecule has 6 nitrogen and oxygen atoms in total. The summed E-state index contributed by atoms with van der Waals surface area (Å²) in [5, 5.41) is 0. The normalized spacial score (nSPS) is 16.1. The second-order valence-corrected chi connectivity index (χ2v) is 10.1. The molecular weight excluding hydrogens is 645 g/mol. The average molecular weight is 648 g/mol. The summed E-state index contributed by atoms with van der Waals surface area (Å²) in [5.41, 5.74) is 0. The van der Waals surface area contributed by atoms with Crippen LogP contribution in [0.5, 0.6) is 0 Å². The Morgan fingerprint density at radius 3 is 0.625 bits per heavy atom. The van der Waals surface area contributed by atoms with Gasteiger partial charge in [0.2, 0.25) is 35.9 Å². The molecule has 0 aliphatic rings. The van der Waals surface area contributed by atoms with Gasteiger partial charge in [-0.25, -0.2) is 39.5 Å². The van der Waals surface area contributed by atoms with Gasteiger partial charge >= 0.3 is 32.7 Å². The van der Waals surface area contributed by atoms with Crippen LogP contribution in [0.2, 0.25) is 0 Å². The first-order valence-corrected chi connectivity index (χ1v) is 10.5. The maximum atomic E-state index is 14.4. The van der Waals surface area contributed by atoms with Crippen molar-refractivity contribution in [3.63, 3.8) is 0 Å². The summed E-state index contributed by atoms with van der Waals surface area (Å²) in [6, 6.07) is 0. The number of ketones is 6. The lowest BCUT2D eigenvalue weighted by Gasteiger charge is -2.32. The van der Waals surface area contributed by atoms with Gasteiger partial charge < -0.3 is 0 Å². The van der Waals surface area contributed by atoms with E-state index in [1.807, 2.05) is 0 Å². The molecule has 3 atom stereocenters. The van der Waals surface area contributed by atoms with Crippen molar-refractivity contribution in [1.29, 1.82) is 0 Å². The zero-order valence-electron chi connectivity index (χ0n) is 17.6. The van der Waals surface area contributed by atoms with Crippen molar-refractivity contribution in [2.24, 2.45) is 0 Å². The molecule has 0 amide bonds. The van der Waals surface area contributed by atoms with Crippen LogP contribution in [0.25, 0.3) is 0 Å². The topological polar surface area (TPSA) is 102 Å². The predicted octanol–water partition coefficient (Wildman–Crippen LogP) is 3.12. The highest BCUT2D eigenvalue weighted by molar-refractivity contribution is 6.78. The van der Waals surface area contributed by atoms with Crippen LogP contribution >= 0.6 is 0 Å². The van der Waals surface area contributed by atoms with E-state index in [-0.39, 0.29) is 0 Å². The van der Waals surface area contributed by atoms with E-state index in [0.717, 1.165) is 0 Å². The van der Waals surface area contributed by atoms with E-state index in [1.165, 1.54) is 0 Å². The van der Waals surface area contributed by atoms with E-state index in [9.17, 15) is 108 Å². The fourth-order valence-electron chi connectivity index (χ4n) is 2.40. The Morgan fingerprint density at radius 2 is 0.500 bits per heavy atom. The van der Waals surface area contributed by atoms with Gasteiger partial charge in [0.15, 0.2) is 0 Å². The summed E-state index contributed by atoms with van der Waals surface area (Å²) in [6.07, 6.45) is -36.7. The van der Waals surface area contributed by atoms with E-state index in [4.69, 9.17) is 0 Å². The fourth-order valence-corrected chi connectivity index (χ4v) is 5.06. The molecule has 0 heterocycles. The van der Waals surface area contributed by atoms with Crippen LogP contribution in [0.4, 0.5) is 79.0 Å². The Kier molecular flexibility index (Phi) is 10.5. The van der Waals surface area contributed by atoms with Crippen molar-refractivity contribution in [2.75, 3.05) is 0 Å². The molecule has 0 N–H and O–H groups in total. The van der Waals surface area contributed by atoms with Crippen molar-refractivity contribution < 1.29 is 108 Å². The maximum absolute atomic E-state index is 14.4. The van der Waals surface area contributed by atoms with Crippen LogP contribution in [0.1, 0.15) is 0 Å². The first-order valence-electron chi connectivity index (χ1n) is 8.81. The monoisotopic (exact) mass is 648 g/mol. The number of rotatable bonds is 12. The van der Waals surface area contributed by atoms with Gasteiger partial charge in [-0.15, -0.1) is 0 Å². The van der Waals surface area contributed by atoms with Crippen LogP contribution in [-0.4, -0.2) is 100 Å². The van der Waals surface area contributed by atoms with Gasteiger partial charge in [-0.3, -0.25) is 28.8 Å². The van der Waals surface area contributed by atoms with Gasteiger partial charge in [-0.1, -0.05) is 0 Å². The quantitative estimate of drug-likeness (QED) is 0.183. The zero-order chi connectivity index (χ0) is 32.8.